The van der Waals surface area contributed by atoms with E-state index < -0.39 is 5.60 Å². The standard InChI is InChI=1S/C19H26BrN3O3/c1-19(2,3)26-18(24)23(9-10-25-4)12-5-7-15-14(11-12)13-6-8-16(20)22-17(13)21-15/h6,8,12H,5,7,9-11H2,1-4H3,(H,21,22). The van der Waals surface area contributed by atoms with E-state index in [0.717, 1.165) is 34.9 Å². The van der Waals surface area contributed by atoms with Crippen LogP contribution in [0.1, 0.15) is 38.4 Å². The number of amides is 1. The normalized spacial score (nSPS) is 17.2. The molecular weight excluding hydrogens is 398 g/mol. The number of halogens is 1. The Labute approximate surface area is 162 Å². The van der Waals surface area contributed by atoms with E-state index in [0.29, 0.717) is 13.2 Å². The average molecular weight is 424 g/mol. The van der Waals surface area contributed by atoms with Crippen LogP contribution in [-0.4, -0.2) is 52.9 Å². The lowest BCUT2D eigenvalue weighted by Crippen LogP contribution is -2.47. The van der Waals surface area contributed by atoms with E-state index in [1.165, 1.54) is 11.3 Å². The number of aromatic nitrogens is 2. The zero-order valence-corrected chi connectivity index (χ0v) is 17.4. The number of fused-ring (bicyclic) bond motifs is 3. The third kappa shape index (κ3) is 4.20. The van der Waals surface area contributed by atoms with Crippen molar-refractivity contribution >= 4 is 33.1 Å². The Balaban J connectivity index is 1.85. The highest BCUT2D eigenvalue weighted by atomic mass is 79.9. The summed E-state index contributed by atoms with van der Waals surface area (Å²) < 4.78 is 11.7. The lowest BCUT2D eigenvalue weighted by molar-refractivity contribution is 0.00882. The number of rotatable bonds is 4. The number of hydrogen-bond acceptors (Lipinski definition) is 4. The second kappa shape index (κ2) is 7.56. The molecule has 1 atom stereocenters. The molecule has 0 saturated carbocycles. The van der Waals surface area contributed by atoms with Gasteiger partial charge in [0.15, 0.2) is 0 Å². The van der Waals surface area contributed by atoms with Crippen LogP contribution in [0.2, 0.25) is 0 Å². The minimum atomic E-state index is -0.515. The van der Waals surface area contributed by atoms with E-state index in [2.05, 4.69) is 32.0 Å². The Morgan fingerprint density at radius 3 is 2.88 bits per heavy atom. The summed E-state index contributed by atoms with van der Waals surface area (Å²) in [6, 6.07) is 4.13. The van der Waals surface area contributed by atoms with Gasteiger partial charge in [-0.05, 0) is 73.7 Å². The van der Waals surface area contributed by atoms with Crippen LogP contribution in [0, 0.1) is 0 Å². The molecule has 0 radical (unpaired) electrons. The van der Waals surface area contributed by atoms with Crippen molar-refractivity contribution in [1.29, 1.82) is 0 Å². The molecule has 26 heavy (non-hydrogen) atoms. The summed E-state index contributed by atoms with van der Waals surface area (Å²) in [6.45, 7) is 6.69. The fourth-order valence-corrected chi connectivity index (χ4v) is 3.76. The van der Waals surface area contributed by atoms with Crippen LogP contribution in [-0.2, 0) is 22.3 Å². The van der Waals surface area contributed by atoms with Crippen molar-refractivity contribution in [2.75, 3.05) is 20.3 Å². The van der Waals surface area contributed by atoms with Crippen molar-refractivity contribution in [3.8, 4) is 0 Å². The van der Waals surface area contributed by atoms with Crippen LogP contribution in [0.5, 0.6) is 0 Å². The van der Waals surface area contributed by atoms with Crippen molar-refractivity contribution in [2.24, 2.45) is 0 Å². The molecule has 1 unspecified atom stereocenters. The zero-order valence-electron chi connectivity index (χ0n) is 15.8. The number of carbonyl (C=O) groups is 1. The number of methoxy groups -OCH3 is 1. The summed E-state index contributed by atoms with van der Waals surface area (Å²) in [4.78, 5) is 22.5. The van der Waals surface area contributed by atoms with Crippen molar-refractivity contribution < 1.29 is 14.3 Å². The average Bonchev–Trinajstić information content (AvgIpc) is 2.90. The molecule has 0 saturated heterocycles. The Hall–Kier alpha value is -1.60. The fraction of sp³-hybridized carbons (Fsp3) is 0.579. The SMILES string of the molecule is COCCN(C(=O)OC(C)(C)C)C1CCc2[nH]c3nc(Br)ccc3c2C1. The number of aryl methyl sites for hydroxylation is 1. The number of nitrogens with one attached hydrogen (secondary N) is 1. The Morgan fingerprint density at radius 2 is 2.19 bits per heavy atom. The van der Waals surface area contributed by atoms with Crippen molar-refractivity contribution in [3.63, 3.8) is 0 Å². The summed E-state index contributed by atoms with van der Waals surface area (Å²) in [7, 11) is 1.65. The van der Waals surface area contributed by atoms with Gasteiger partial charge in [0.1, 0.15) is 15.9 Å². The molecule has 0 aromatic carbocycles. The molecule has 6 nitrogen and oxygen atoms in total. The smallest absolute Gasteiger partial charge is 0.410 e. The number of ether oxygens (including phenoxy) is 2. The highest BCUT2D eigenvalue weighted by Gasteiger charge is 2.32. The van der Waals surface area contributed by atoms with E-state index in [4.69, 9.17) is 9.47 Å². The van der Waals surface area contributed by atoms with Crippen LogP contribution < -0.4 is 0 Å². The molecule has 1 N–H and O–H groups in total. The highest BCUT2D eigenvalue weighted by molar-refractivity contribution is 9.10. The van der Waals surface area contributed by atoms with Crippen LogP contribution in [0.3, 0.4) is 0 Å². The first kappa shape index (κ1) is 19.2. The van der Waals surface area contributed by atoms with Gasteiger partial charge in [-0.2, -0.15) is 0 Å². The Kier molecular flexibility index (Phi) is 5.58. The van der Waals surface area contributed by atoms with Gasteiger partial charge in [0.25, 0.3) is 0 Å². The summed E-state index contributed by atoms with van der Waals surface area (Å²) >= 11 is 3.42. The molecule has 7 heteroatoms. The minimum absolute atomic E-state index is 0.0927. The van der Waals surface area contributed by atoms with Crippen LogP contribution in [0.15, 0.2) is 16.7 Å². The molecule has 2 aromatic heterocycles. The second-order valence-corrected chi connectivity index (χ2v) is 8.49. The molecule has 1 aliphatic rings. The fourth-order valence-electron chi connectivity index (χ4n) is 3.45. The lowest BCUT2D eigenvalue weighted by Gasteiger charge is -2.35. The largest absolute Gasteiger partial charge is 0.444 e. The van der Waals surface area contributed by atoms with Crippen molar-refractivity contribution in [3.05, 3.63) is 28.0 Å². The van der Waals surface area contributed by atoms with E-state index in [1.54, 1.807) is 7.11 Å². The third-order valence-electron chi connectivity index (χ3n) is 4.59. The summed E-state index contributed by atoms with van der Waals surface area (Å²) in [5.41, 5.74) is 2.85. The first-order chi connectivity index (χ1) is 12.3. The van der Waals surface area contributed by atoms with Gasteiger partial charge >= 0.3 is 6.09 Å². The van der Waals surface area contributed by atoms with Crippen molar-refractivity contribution in [1.82, 2.24) is 14.9 Å². The molecule has 0 aliphatic heterocycles. The third-order valence-corrected chi connectivity index (χ3v) is 5.03. The Bertz CT molecular complexity index is 797. The molecule has 142 valence electrons. The summed E-state index contributed by atoms with van der Waals surface area (Å²) in [5.74, 6) is 0. The van der Waals surface area contributed by atoms with Gasteiger partial charge in [-0.3, -0.25) is 0 Å². The van der Waals surface area contributed by atoms with Crippen LogP contribution in [0.4, 0.5) is 4.79 Å². The first-order valence-electron chi connectivity index (χ1n) is 8.93. The number of hydrogen-bond donors (Lipinski definition) is 1. The van der Waals surface area contributed by atoms with Crippen LogP contribution in [0.25, 0.3) is 11.0 Å². The quantitative estimate of drug-likeness (QED) is 0.752. The molecular formula is C19H26BrN3O3. The molecule has 2 heterocycles. The van der Waals surface area contributed by atoms with E-state index in [1.807, 2.05) is 31.7 Å². The van der Waals surface area contributed by atoms with E-state index >= 15 is 0 Å². The van der Waals surface area contributed by atoms with Gasteiger partial charge in [0.05, 0.1) is 6.61 Å². The van der Waals surface area contributed by atoms with Gasteiger partial charge < -0.3 is 19.4 Å². The molecule has 0 bridgehead atoms. The number of carbonyl (C=O) groups excluding carboxylic acids is 1. The maximum atomic E-state index is 12.7. The predicted molar refractivity (Wildman–Crippen MR) is 104 cm³/mol. The Morgan fingerprint density at radius 1 is 1.42 bits per heavy atom. The topological polar surface area (TPSA) is 67.4 Å². The number of nitrogens with zero attached hydrogens (tertiary/aromatic N) is 2. The maximum absolute atomic E-state index is 12.7. The predicted octanol–water partition coefficient (Wildman–Crippen LogP) is 4.07. The summed E-state index contributed by atoms with van der Waals surface area (Å²) in [6.07, 6.45) is 2.30. The molecule has 1 aliphatic carbocycles. The lowest BCUT2D eigenvalue weighted by atomic mass is 9.91. The number of H-pyrrole nitrogens is 1. The zero-order chi connectivity index (χ0) is 18.9. The van der Waals surface area contributed by atoms with Crippen LogP contribution >= 0.6 is 15.9 Å². The highest BCUT2D eigenvalue weighted by Crippen LogP contribution is 2.31. The molecule has 0 fully saturated rings. The number of pyridine rings is 1. The molecule has 1 amide bonds. The van der Waals surface area contributed by atoms with Gasteiger partial charge in [-0.15, -0.1) is 0 Å². The molecule has 2 aromatic rings. The first-order valence-corrected chi connectivity index (χ1v) is 9.72. The van der Waals surface area contributed by atoms with Gasteiger partial charge in [-0.1, -0.05) is 0 Å². The molecule has 0 spiro atoms. The van der Waals surface area contributed by atoms with E-state index in [-0.39, 0.29) is 12.1 Å². The monoisotopic (exact) mass is 423 g/mol. The molecule has 3 rings (SSSR count). The van der Waals surface area contributed by atoms with Gasteiger partial charge in [0, 0.05) is 30.8 Å². The minimum Gasteiger partial charge on any atom is -0.444 e. The second-order valence-electron chi connectivity index (χ2n) is 7.68. The van der Waals surface area contributed by atoms with E-state index in [9.17, 15) is 4.79 Å². The van der Waals surface area contributed by atoms with Gasteiger partial charge in [0.2, 0.25) is 0 Å². The van der Waals surface area contributed by atoms with Gasteiger partial charge in [-0.25, -0.2) is 9.78 Å². The maximum Gasteiger partial charge on any atom is 0.410 e. The van der Waals surface area contributed by atoms with Crippen molar-refractivity contribution in [2.45, 2.75) is 51.7 Å². The summed E-state index contributed by atoms with van der Waals surface area (Å²) in [5, 5.41) is 1.13. The number of aromatic amines is 1.